The molecule has 2 rings (SSSR count). The third kappa shape index (κ3) is 5.05. The van der Waals surface area contributed by atoms with Crippen LogP contribution in [0.3, 0.4) is 0 Å². The normalized spacial score (nSPS) is 11.1. The number of allylic oxidation sites excluding steroid dienone is 1. The van der Waals surface area contributed by atoms with E-state index in [1.807, 2.05) is 31.3 Å². The van der Waals surface area contributed by atoms with E-state index >= 15 is 0 Å². The second-order valence-corrected chi connectivity index (χ2v) is 5.00. The molecule has 1 aromatic heterocycles. The number of guanidine groups is 1. The summed E-state index contributed by atoms with van der Waals surface area (Å²) in [5.41, 5.74) is 0.920. The lowest BCUT2D eigenvalue weighted by Gasteiger charge is -2.21. The minimum atomic E-state index is 0. The van der Waals surface area contributed by atoms with Crippen molar-refractivity contribution in [3.63, 3.8) is 0 Å². The van der Waals surface area contributed by atoms with Crippen LogP contribution in [0.5, 0.6) is 0 Å². The number of halogens is 1. The Hall–Kier alpha value is -1.50. The Morgan fingerprint density at radius 3 is 2.86 bits per heavy atom. The molecule has 5 heteroatoms. The highest BCUT2D eigenvalue weighted by Crippen LogP contribution is 2.18. The van der Waals surface area contributed by atoms with E-state index in [1.165, 1.54) is 0 Å². The molecule has 0 aliphatic heterocycles. The second-order valence-electron chi connectivity index (χ2n) is 5.00. The molecule has 0 spiro atoms. The number of fused-ring (bicyclic) bond motifs is 1. The van der Waals surface area contributed by atoms with Crippen LogP contribution in [0.4, 0.5) is 0 Å². The van der Waals surface area contributed by atoms with E-state index in [4.69, 9.17) is 4.42 Å². The summed E-state index contributed by atoms with van der Waals surface area (Å²) in [6.45, 7) is 5.32. The molecule has 0 aliphatic rings. The van der Waals surface area contributed by atoms with E-state index < -0.39 is 0 Å². The molecule has 0 amide bonds. The first kappa shape index (κ1) is 18.5. The van der Waals surface area contributed by atoms with Crippen LogP contribution in [0.2, 0.25) is 0 Å². The molecule has 0 unspecified atom stereocenters. The van der Waals surface area contributed by atoms with Crippen LogP contribution in [-0.4, -0.2) is 31.5 Å². The van der Waals surface area contributed by atoms with Gasteiger partial charge in [0.2, 0.25) is 0 Å². The van der Waals surface area contributed by atoms with E-state index in [-0.39, 0.29) is 24.0 Å². The van der Waals surface area contributed by atoms with Gasteiger partial charge in [-0.25, -0.2) is 0 Å². The number of nitrogens with zero attached hydrogens (tertiary/aromatic N) is 2. The van der Waals surface area contributed by atoms with Crippen LogP contribution < -0.4 is 5.32 Å². The van der Waals surface area contributed by atoms with Gasteiger partial charge in [0.05, 0.1) is 6.54 Å². The number of unbranched alkanes of at least 4 members (excludes halogenated alkanes) is 1. The summed E-state index contributed by atoms with van der Waals surface area (Å²) < 4.78 is 5.79. The Morgan fingerprint density at radius 2 is 2.18 bits per heavy atom. The Bertz CT molecular complexity index is 588. The number of hydrogen-bond donors (Lipinski definition) is 1. The van der Waals surface area contributed by atoms with Crippen LogP contribution >= 0.6 is 24.0 Å². The molecule has 0 fully saturated rings. The molecular weight excluding hydrogens is 389 g/mol. The SMILES string of the molecule is C=CCCCN(C)C(=NC)NCc1cc2ccccc2o1.I. The van der Waals surface area contributed by atoms with Crippen molar-refractivity contribution in [2.24, 2.45) is 4.99 Å². The minimum Gasteiger partial charge on any atom is -0.459 e. The molecule has 4 nitrogen and oxygen atoms in total. The maximum Gasteiger partial charge on any atom is 0.193 e. The Kier molecular flexibility index (Phi) is 8.01. The van der Waals surface area contributed by atoms with Crippen molar-refractivity contribution < 1.29 is 4.42 Å². The Morgan fingerprint density at radius 1 is 1.41 bits per heavy atom. The molecule has 1 N–H and O–H groups in total. The number of furan rings is 1. The third-order valence-electron chi connectivity index (χ3n) is 3.37. The van der Waals surface area contributed by atoms with Gasteiger partial charge < -0.3 is 14.6 Å². The second kappa shape index (κ2) is 9.50. The van der Waals surface area contributed by atoms with Crippen molar-refractivity contribution in [2.75, 3.05) is 20.6 Å². The summed E-state index contributed by atoms with van der Waals surface area (Å²) in [4.78, 5) is 6.42. The molecule has 2 aromatic rings. The Labute approximate surface area is 149 Å². The van der Waals surface area contributed by atoms with Gasteiger partial charge in [-0.2, -0.15) is 0 Å². The van der Waals surface area contributed by atoms with E-state index in [2.05, 4.69) is 33.9 Å². The van der Waals surface area contributed by atoms with E-state index in [0.717, 1.165) is 42.1 Å². The number of benzene rings is 1. The minimum absolute atomic E-state index is 0. The molecule has 1 heterocycles. The van der Waals surface area contributed by atoms with Crippen LogP contribution in [0.1, 0.15) is 18.6 Å². The Balaban J connectivity index is 0.00000242. The number of aliphatic imine (C=N–C) groups is 1. The molecule has 1 aromatic carbocycles. The zero-order chi connectivity index (χ0) is 15.1. The predicted octanol–water partition coefficient (Wildman–Crippen LogP) is 4.02. The summed E-state index contributed by atoms with van der Waals surface area (Å²) in [6.07, 6.45) is 4.04. The molecule has 0 atom stereocenters. The highest BCUT2D eigenvalue weighted by molar-refractivity contribution is 14.0. The van der Waals surface area contributed by atoms with Crippen LogP contribution in [0.15, 0.2) is 52.4 Å². The lowest BCUT2D eigenvalue weighted by Crippen LogP contribution is -2.38. The van der Waals surface area contributed by atoms with E-state index in [0.29, 0.717) is 6.54 Å². The van der Waals surface area contributed by atoms with Crippen molar-refractivity contribution in [3.8, 4) is 0 Å². The summed E-state index contributed by atoms with van der Waals surface area (Å²) in [7, 11) is 3.84. The fraction of sp³-hybridized carbons (Fsp3) is 0.353. The maximum atomic E-state index is 5.79. The molecule has 120 valence electrons. The fourth-order valence-corrected chi connectivity index (χ4v) is 2.25. The largest absolute Gasteiger partial charge is 0.459 e. The van der Waals surface area contributed by atoms with Crippen molar-refractivity contribution in [3.05, 3.63) is 48.7 Å². The predicted molar refractivity (Wildman–Crippen MR) is 104 cm³/mol. The lowest BCUT2D eigenvalue weighted by atomic mass is 10.2. The smallest absolute Gasteiger partial charge is 0.193 e. The topological polar surface area (TPSA) is 40.8 Å². The monoisotopic (exact) mass is 413 g/mol. The van der Waals surface area contributed by atoms with Gasteiger partial charge in [0.1, 0.15) is 11.3 Å². The van der Waals surface area contributed by atoms with Crippen LogP contribution in [-0.2, 0) is 6.54 Å². The number of para-hydroxylation sites is 1. The average molecular weight is 413 g/mol. The average Bonchev–Trinajstić information content (AvgIpc) is 2.91. The van der Waals surface area contributed by atoms with Crippen molar-refractivity contribution in [2.45, 2.75) is 19.4 Å². The summed E-state index contributed by atoms with van der Waals surface area (Å²) in [5, 5.41) is 4.46. The molecule has 22 heavy (non-hydrogen) atoms. The van der Waals surface area contributed by atoms with Crippen molar-refractivity contribution >= 4 is 40.9 Å². The maximum absolute atomic E-state index is 5.79. The molecular formula is C17H24IN3O. The van der Waals surface area contributed by atoms with Gasteiger partial charge in [-0.05, 0) is 25.0 Å². The van der Waals surface area contributed by atoms with Gasteiger partial charge in [0, 0.05) is 26.0 Å². The van der Waals surface area contributed by atoms with Gasteiger partial charge >= 0.3 is 0 Å². The van der Waals surface area contributed by atoms with Gasteiger partial charge in [-0.15, -0.1) is 30.6 Å². The first-order chi connectivity index (χ1) is 10.2. The fourth-order valence-electron chi connectivity index (χ4n) is 2.25. The van der Waals surface area contributed by atoms with Gasteiger partial charge in [-0.1, -0.05) is 24.3 Å². The van der Waals surface area contributed by atoms with Gasteiger partial charge in [-0.3, -0.25) is 4.99 Å². The summed E-state index contributed by atoms with van der Waals surface area (Å²) in [5.74, 6) is 1.79. The standard InChI is InChI=1S/C17H23N3O.HI/c1-4-5-8-11-20(3)17(18-2)19-13-15-12-14-9-6-7-10-16(14)21-15;/h4,6-7,9-10,12H,1,5,8,11,13H2,2-3H3,(H,18,19);1H. The quantitative estimate of drug-likeness (QED) is 0.256. The summed E-state index contributed by atoms with van der Waals surface area (Å²) >= 11 is 0. The molecule has 0 saturated heterocycles. The first-order valence-corrected chi connectivity index (χ1v) is 7.24. The van der Waals surface area contributed by atoms with Gasteiger partial charge in [0.25, 0.3) is 0 Å². The van der Waals surface area contributed by atoms with E-state index in [1.54, 1.807) is 7.05 Å². The number of rotatable bonds is 6. The molecule has 0 radical (unpaired) electrons. The van der Waals surface area contributed by atoms with Crippen molar-refractivity contribution in [1.82, 2.24) is 10.2 Å². The molecule has 0 aliphatic carbocycles. The highest BCUT2D eigenvalue weighted by Gasteiger charge is 2.07. The molecule has 0 saturated carbocycles. The van der Waals surface area contributed by atoms with Crippen molar-refractivity contribution in [1.29, 1.82) is 0 Å². The lowest BCUT2D eigenvalue weighted by molar-refractivity contribution is 0.461. The number of nitrogens with one attached hydrogen (secondary N) is 1. The molecule has 0 bridgehead atoms. The summed E-state index contributed by atoms with van der Waals surface area (Å²) in [6, 6.07) is 10.1. The third-order valence-corrected chi connectivity index (χ3v) is 3.37. The van der Waals surface area contributed by atoms with Crippen LogP contribution in [0.25, 0.3) is 11.0 Å². The first-order valence-electron chi connectivity index (χ1n) is 7.24. The zero-order valence-electron chi connectivity index (χ0n) is 13.2. The van der Waals surface area contributed by atoms with Crippen LogP contribution in [0, 0.1) is 0 Å². The zero-order valence-corrected chi connectivity index (χ0v) is 15.5. The number of hydrogen-bond acceptors (Lipinski definition) is 2. The van der Waals surface area contributed by atoms with Gasteiger partial charge in [0.15, 0.2) is 5.96 Å². The highest BCUT2D eigenvalue weighted by atomic mass is 127. The van der Waals surface area contributed by atoms with E-state index in [9.17, 15) is 0 Å².